The van der Waals surface area contributed by atoms with Gasteiger partial charge < -0.3 is 0 Å². The van der Waals surface area contributed by atoms with Crippen molar-refractivity contribution in [2.24, 2.45) is 0 Å². The Hall–Kier alpha value is -0.825. The Bertz CT molecular complexity index is 322. The van der Waals surface area contributed by atoms with E-state index in [1.54, 1.807) is 17.5 Å². The number of fused-ring (bicyclic) bond motifs is 1. The van der Waals surface area contributed by atoms with Crippen molar-refractivity contribution in [3.63, 3.8) is 0 Å². The van der Waals surface area contributed by atoms with Gasteiger partial charge in [0.2, 0.25) is 0 Å². The van der Waals surface area contributed by atoms with Crippen molar-refractivity contribution in [1.82, 2.24) is 4.98 Å². The van der Waals surface area contributed by atoms with Gasteiger partial charge in [0.1, 0.15) is 7.85 Å². The molecule has 46 valence electrons. The van der Waals surface area contributed by atoms with Gasteiger partial charge in [-0.15, -0.1) is 0 Å². The number of hydrogen-bond donors (Lipinski definition) is 0. The van der Waals surface area contributed by atoms with Crippen LogP contribution < -0.4 is 4.78 Å². The van der Waals surface area contributed by atoms with Crippen LogP contribution in [0, 0.1) is 0 Å². The lowest BCUT2D eigenvalue weighted by molar-refractivity contribution is 1.37. The normalized spacial score (nSPS) is 10.4. The minimum absolute atomic E-state index is 0.850. The molecule has 2 aromatic rings. The summed E-state index contributed by atoms with van der Waals surface area (Å²) in [6.45, 7) is 0. The van der Waals surface area contributed by atoms with Crippen LogP contribution in [0.1, 0.15) is 0 Å². The van der Waals surface area contributed by atoms with Crippen molar-refractivity contribution < 1.29 is 0 Å². The minimum atomic E-state index is 0.850. The molecule has 0 amide bonds. The predicted molar refractivity (Wildman–Crippen MR) is 45.0 cm³/mol. The topological polar surface area (TPSA) is 12.9 Å². The van der Waals surface area contributed by atoms with E-state index in [-0.39, 0.29) is 0 Å². The van der Waals surface area contributed by atoms with E-state index in [4.69, 9.17) is 7.85 Å². The standard InChI is InChI=1S/C7H4BNS/c8-7-3-5-1-2-9-4-6(5)10-7/h1-4H. The van der Waals surface area contributed by atoms with E-state index in [0.29, 0.717) is 0 Å². The van der Waals surface area contributed by atoms with Crippen LogP contribution in [0.3, 0.4) is 0 Å². The second-order valence-electron chi connectivity index (χ2n) is 2.06. The zero-order chi connectivity index (χ0) is 6.97. The molecule has 0 aliphatic heterocycles. The molecule has 2 aromatic heterocycles. The maximum Gasteiger partial charge on any atom is 0.128 e. The Kier molecular flexibility index (Phi) is 1.24. The number of hydrogen-bond acceptors (Lipinski definition) is 2. The first-order valence-electron chi connectivity index (χ1n) is 2.95. The van der Waals surface area contributed by atoms with Crippen molar-refractivity contribution in [2.75, 3.05) is 0 Å². The van der Waals surface area contributed by atoms with Gasteiger partial charge in [0.05, 0.1) is 4.70 Å². The van der Waals surface area contributed by atoms with Crippen molar-refractivity contribution in [1.29, 1.82) is 0 Å². The first kappa shape index (κ1) is 5.92. The van der Waals surface area contributed by atoms with E-state index in [1.165, 1.54) is 5.39 Å². The zero-order valence-corrected chi connectivity index (χ0v) is 6.06. The molecule has 0 unspecified atom stereocenters. The van der Waals surface area contributed by atoms with Gasteiger partial charge in [0.25, 0.3) is 0 Å². The molecule has 3 heteroatoms. The van der Waals surface area contributed by atoms with Crippen LogP contribution in [0.5, 0.6) is 0 Å². The SMILES string of the molecule is [B]c1cc2ccncc2s1. The number of aromatic nitrogens is 1. The molecule has 0 atom stereocenters. The molecule has 0 saturated carbocycles. The third kappa shape index (κ3) is 0.828. The van der Waals surface area contributed by atoms with Crippen LogP contribution in [-0.2, 0) is 0 Å². The third-order valence-corrected chi connectivity index (χ3v) is 2.26. The fraction of sp³-hybridized carbons (Fsp3) is 0. The maximum atomic E-state index is 5.58. The summed E-state index contributed by atoms with van der Waals surface area (Å²) in [5.41, 5.74) is 0. The molecule has 0 spiro atoms. The van der Waals surface area contributed by atoms with E-state index in [0.717, 1.165) is 9.48 Å². The summed E-state index contributed by atoms with van der Waals surface area (Å²) in [6.07, 6.45) is 3.60. The fourth-order valence-electron chi connectivity index (χ4n) is 0.905. The van der Waals surface area contributed by atoms with Crippen LogP contribution in [0.15, 0.2) is 24.5 Å². The summed E-state index contributed by atoms with van der Waals surface area (Å²) < 4.78 is 2.00. The Morgan fingerprint density at radius 2 is 2.40 bits per heavy atom. The average Bonchev–Trinajstić information content (AvgIpc) is 2.27. The molecule has 0 fully saturated rings. The lowest BCUT2D eigenvalue weighted by atomic mass is 10.1. The molecule has 2 radical (unpaired) electrons. The molecule has 2 rings (SSSR count). The summed E-state index contributed by atoms with van der Waals surface area (Å²) in [6, 6.07) is 3.92. The lowest BCUT2D eigenvalue weighted by Gasteiger charge is -1.81. The van der Waals surface area contributed by atoms with E-state index in [2.05, 4.69) is 4.98 Å². The Morgan fingerprint density at radius 1 is 1.50 bits per heavy atom. The molecule has 0 aliphatic rings. The zero-order valence-electron chi connectivity index (χ0n) is 5.24. The molecule has 0 N–H and O–H groups in total. The highest BCUT2D eigenvalue weighted by Gasteiger charge is 1.94. The third-order valence-electron chi connectivity index (χ3n) is 1.34. The molecular weight excluding hydrogens is 141 g/mol. The van der Waals surface area contributed by atoms with Crippen LogP contribution in [0.25, 0.3) is 10.1 Å². The van der Waals surface area contributed by atoms with E-state index in [9.17, 15) is 0 Å². The maximum absolute atomic E-state index is 5.58. The quantitative estimate of drug-likeness (QED) is 0.505. The van der Waals surface area contributed by atoms with Gasteiger partial charge in [0, 0.05) is 12.4 Å². The van der Waals surface area contributed by atoms with Gasteiger partial charge >= 0.3 is 0 Å². The molecule has 1 nitrogen and oxygen atoms in total. The Balaban J connectivity index is 2.88. The first-order chi connectivity index (χ1) is 4.86. The van der Waals surface area contributed by atoms with Gasteiger partial charge in [-0.1, -0.05) is 6.07 Å². The van der Waals surface area contributed by atoms with Gasteiger partial charge in [-0.05, 0) is 16.2 Å². The first-order valence-corrected chi connectivity index (χ1v) is 3.77. The van der Waals surface area contributed by atoms with Gasteiger partial charge in [-0.2, -0.15) is 11.3 Å². The fourth-order valence-corrected chi connectivity index (χ4v) is 1.70. The number of nitrogens with zero attached hydrogens (tertiary/aromatic N) is 1. The Labute approximate surface area is 64.1 Å². The monoisotopic (exact) mass is 145 g/mol. The van der Waals surface area contributed by atoms with Crippen molar-refractivity contribution in [2.45, 2.75) is 0 Å². The van der Waals surface area contributed by atoms with Crippen LogP contribution >= 0.6 is 11.3 Å². The van der Waals surface area contributed by atoms with E-state index >= 15 is 0 Å². The molecular formula is C7H4BNS. The van der Waals surface area contributed by atoms with Gasteiger partial charge in [0.15, 0.2) is 0 Å². The molecule has 0 saturated heterocycles. The summed E-state index contributed by atoms with van der Waals surface area (Å²) >= 11 is 1.57. The summed E-state index contributed by atoms with van der Waals surface area (Å²) in [7, 11) is 5.58. The highest BCUT2D eigenvalue weighted by Crippen LogP contribution is 2.15. The number of pyridine rings is 1. The van der Waals surface area contributed by atoms with Crippen molar-refractivity contribution in [3.05, 3.63) is 24.5 Å². The lowest BCUT2D eigenvalue weighted by Crippen LogP contribution is -1.88. The second kappa shape index (κ2) is 2.09. The highest BCUT2D eigenvalue weighted by molar-refractivity contribution is 7.26. The summed E-state index contributed by atoms with van der Waals surface area (Å²) in [5, 5.41) is 1.18. The molecule has 0 bridgehead atoms. The molecule has 0 aliphatic carbocycles. The summed E-state index contributed by atoms with van der Waals surface area (Å²) in [5.74, 6) is 0. The van der Waals surface area contributed by atoms with Crippen LogP contribution in [0.4, 0.5) is 0 Å². The van der Waals surface area contributed by atoms with Crippen molar-refractivity contribution >= 4 is 34.0 Å². The minimum Gasteiger partial charge on any atom is -0.263 e. The van der Waals surface area contributed by atoms with Gasteiger partial charge in [-0.25, -0.2) is 0 Å². The molecule has 10 heavy (non-hydrogen) atoms. The number of rotatable bonds is 0. The highest BCUT2D eigenvalue weighted by atomic mass is 32.1. The Morgan fingerprint density at radius 3 is 3.20 bits per heavy atom. The van der Waals surface area contributed by atoms with Crippen LogP contribution in [-0.4, -0.2) is 12.8 Å². The van der Waals surface area contributed by atoms with Crippen molar-refractivity contribution in [3.8, 4) is 0 Å². The van der Waals surface area contributed by atoms with Gasteiger partial charge in [-0.3, -0.25) is 4.98 Å². The molecule has 2 heterocycles. The smallest absolute Gasteiger partial charge is 0.128 e. The van der Waals surface area contributed by atoms with Crippen LogP contribution in [0.2, 0.25) is 0 Å². The average molecular weight is 145 g/mol. The predicted octanol–water partition coefficient (Wildman–Crippen LogP) is 1.09. The molecule has 0 aromatic carbocycles. The van der Waals surface area contributed by atoms with E-state index in [1.807, 2.05) is 18.3 Å². The van der Waals surface area contributed by atoms with E-state index < -0.39 is 0 Å². The number of thiophene rings is 1. The summed E-state index contributed by atoms with van der Waals surface area (Å²) in [4.78, 5) is 3.98. The second-order valence-corrected chi connectivity index (χ2v) is 3.18. The largest absolute Gasteiger partial charge is 0.263 e.